The molecule has 10 heteroatoms. The third-order valence-corrected chi connectivity index (χ3v) is 6.89. The SMILES string of the molecule is COc1nc(N[C@H]2C[C@@](C)(N3CCCC3=O)C2)nc2[nH]cc(-c3ccc4ncc(F)n4c3)c12. The minimum Gasteiger partial charge on any atom is -0.480 e. The number of H-pyrrole nitrogens is 1. The van der Waals surface area contributed by atoms with Crippen molar-refractivity contribution in [3.05, 3.63) is 36.7 Å². The fourth-order valence-electron chi connectivity index (χ4n) is 5.28. The molecule has 1 aliphatic carbocycles. The van der Waals surface area contributed by atoms with E-state index in [9.17, 15) is 9.18 Å². The lowest BCUT2D eigenvalue weighted by atomic mass is 9.73. The number of halogens is 1. The fourth-order valence-corrected chi connectivity index (χ4v) is 5.28. The number of nitrogens with zero attached hydrogens (tertiary/aromatic N) is 5. The number of likely N-dealkylation sites (tertiary alicyclic amines) is 1. The van der Waals surface area contributed by atoms with Crippen molar-refractivity contribution in [3.8, 4) is 17.0 Å². The zero-order valence-electron chi connectivity index (χ0n) is 18.4. The van der Waals surface area contributed by atoms with Crippen LogP contribution in [0.5, 0.6) is 5.88 Å². The normalized spacial score (nSPS) is 22.8. The smallest absolute Gasteiger partial charge is 0.228 e. The molecule has 0 spiro atoms. The van der Waals surface area contributed by atoms with Crippen LogP contribution in [0.2, 0.25) is 0 Å². The van der Waals surface area contributed by atoms with E-state index in [4.69, 9.17) is 4.74 Å². The van der Waals surface area contributed by atoms with Crippen LogP contribution in [0.1, 0.15) is 32.6 Å². The van der Waals surface area contributed by atoms with Gasteiger partial charge >= 0.3 is 0 Å². The maximum Gasteiger partial charge on any atom is 0.228 e. The molecule has 170 valence electrons. The van der Waals surface area contributed by atoms with Gasteiger partial charge in [0, 0.05) is 48.1 Å². The molecule has 0 atom stereocenters. The molecule has 4 aromatic heterocycles. The molecule has 0 unspecified atom stereocenters. The van der Waals surface area contributed by atoms with Crippen molar-refractivity contribution in [2.24, 2.45) is 0 Å². The number of aromatic nitrogens is 5. The van der Waals surface area contributed by atoms with Crippen LogP contribution in [0, 0.1) is 5.95 Å². The predicted octanol–water partition coefficient (Wildman–Crippen LogP) is 3.38. The van der Waals surface area contributed by atoms with Gasteiger partial charge in [0.15, 0.2) is 0 Å². The summed E-state index contributed by atoms with van der Waals surface area (Å²) >= 11 is 0. The number of pyridine rings is 1. The molecule has 0 aromatic carbocycles. The molecule has 6 rings (SSSR count). The number of hydrogen-bond acceptors (Lipinski definition) is 6. The molecular formula is C23H24FN7O2. The van der Waals surface area contributed by atoms with Crippen molar-refractivity contribution < 1.29 is 13.9 Å². The summed E-state index contributed by atoms with van der Waals surface area (Å²) in [7, 11) is 1.57. The molecule has 0 radical (unpaired) electrons. The Bertz CT molecular complexity index is 1390. The van der Waals surface area contributed by atoms with Gasteiger partial charge < -0.3 is 19.9 Å². The van der Waals surface area contributed by atoms with E-state index in [0.717, 1.165) is 42.3 Å². The van der Waals surface area contributed by atoms with Gasteiger partial charge in [0.25, 0.3) is 0 Å². The average molecular weight is 449 g/mol. The summed E-state index contributed by atoms with van der Waals surface area (Å²) in [5.74, 6) is 0.734. The van der Waals surface area contributed by atoms with Gasteiger partial charge in [-0.15, -0.1) is 0 Å². The van der Waals surface area contributed by atoms with Crippen LogP contribution in [0.25, 0.3) is 27.8 Å². The number of imidazole rings is 1. The number of ether oxygens (including phenoxy) is 1. The molecular weight excluding hydrogens is 425 g/mol. The summed E-state index contributed by atoms with van der Waals surface area (Å²) in [5, 5.41) is 4.12. The van der Waals surface area contributed by atoms with Gasteiger partial charge in [-0.3, -0.25) is 9.20 Å². The lowest BCUT2D eigenvalue weighted by Crippen LogP contribution is -2.59. The third-order valence-electron chi connectivity index (χ3n) is 6.89. The number of aromatic amines is 1. The number of fused-ring (bicyclic) bond motifs is 2. The summed E-state index contributed by atoms with van der Waals surface area (Å²) in [6.07, 6.45) is 8.02. The average Bonchev–Trinajstić information content (AvgIpc) is 3.50. The molecule has 2 fully saturated rings. The Balaban J connectivity index is 1.28. The number of amides is 1. The molecule has 5 heterocycles. The van der Waals surface area contributed by atoms with Crippen LogP contribution in [0.3, 0.4) is 0 Å². The van der Waals surface area contributed by atoms with E-state index in [0.29, 0.717) is 29.5 Å². The molecule has 9 nitrogen and oxygen atoms in total. The van der Waals surface area contributed by atoms with Crippen LogP contribution in [0.15, 0.2) is 30.7 Å². The number of rotatable bonds is 5. The number of hydrogen-bond donors (Lipinski definition) is 2. The van der Waals surface area contributed by atoms with E-state index in [-0.39, 0.29) is 17.5 Å². The Morgan fingerprint density at radius 1 is 1.30 bits per heavy atom. The van der Waals surface area contributed by atoms with Crippen LogP contribution >= 0.6 is 0 Å². The largest absolute Gasteiger partial charge is 0.480 e. The predicted molar refractivity (Wildman–Crippen MR) is 121 cm³/mol. The van der Waals surface area contributed by atoms with E-state index < -0.39 is 5.95 Å². The monoisotopic (exact) mass is 449 g/mol. The van der Waals surface area contributed by atoms with Crippen LogP contribution < -0.4 is 10.1 Å². The Kier molecular flexibility index (Phi) is 4.33. The van der Waals surface area contributed by atoms with Crippen LogP contribution in [-0.2, 0) is 4.79 Å². The molecule has 33 heavy (non-hydrogen) atoms. The first kappa shape index (κ1) is 20.0. The number of methoxy groups -OCH3 is 1. The highest BCUT2D eigenvalue weighted by Gasteiger charge is 2.48. The second-order valence-corrected chi connectivity index (χ2v) is 9.10. The molecule has 1 saturated heterocycles. The minimum atomic E-state index is -0.426. The Hall–Kier alpha value is -3.69. The van der Waals surface area contributed by atoms with E-state index in [1.807, 2.05) is 17.2 Å². The first-order valence-electron chi connectivity index (χ1n) is 11.1. The van der Waals surface area contributed by atoms with Crippen molar-refractivity contribution in [3.63, 3.8) is 0 Å². The Morgan fingerprint density at radius 3 is 2.91 bits per heavy atom. The zero-order valence-corrected chi connectivity index (χ0v) is 18.4. The first-order chi connectivity index (χ1) is 15.9. The van der Waals surface area contributed by atoms with Crippen molar-refractivity contribution >= 4 is 28.5 Å². The number of nitrogens with one attached hydrogen (secondary N) is 2. The Labute approximate surface area is 189 Å². The van der Waals surface area contributed by atoms with Crippen molar-refractivity contribution in [1.29, 1.82) is 0 Å². The molecule has 1 saturated carbocycles. The van der Waals surface area contributed by atoms with Crippen molar-refractivity contribution in [2.75, 3.05) is 19.0 Å². The summed E-state index contributed by atoms with van der Waals surface area (Å²) in [6, 6.07) is 3.83. The topological polar surface area (TPSA) is 100 Å². The second-order valence-electron chi connectivity index (χ2n) is 9.10. The number of carbonyl (C=O) groups excluding carboxylic acids is 1. The van der Waals surface area contributed by atoms with Gasteiger partial charge in [-0.05, 0) is 38.3 Å². The lowest BCUT2D eigenvalue weighted by Gasteiger charge is -2.51. The van der Waals surface area contributed by atoms with Crippen molar-refractivity contribution in [2.45, 2.75) is 44.2 Å². The highest BCUT2D eigenvalue weighted by molar-refractivity contribution is 5.97. The highest BCUT2D eigenvalue weighted by Crippen LogP contribution is 2.41. The summed E-state index contributed by atoms with van der Waals surface area (Å²) in [6.45, 7) is 2.99. The molecule has 2 N–H and O–H groups in total. The summed E-state index contributed by atoms with van der Waals surface area (Å²) in [5.41, 5.74) is 2.67. The maximum atomic E-state index is 14.0. The standard InChI is InChI=1S/C23H24FN7O2/c1-23(31-7-3-4-18(31)32)8-14(9-23)27-22-28-20-19(21(29-22)33-2)15(10-26-20)13-5-6-17-25-11-16(24)30(17)12-13/h5-6,10-12,14H,3-4,7-9H2,1-2H3,(H2,26,27,28,29)/t14-,23+. The molecule has 1 amide bonds. The van der Waals surface area contributed by atoms with E-state index in [1.165, 1.54) is 10.6 Å². The zero-order chi connectivity index (χ0) is 22.7. The summed E-state index contributed by atoms with van der Waals surface area (Å²) < 4.78 is 21.0. The molecule has 4 aromatic rings. The number of carbonyl (C=O) groups is 1. The number of anilines is 1. The van der Waals surface area contributed by atoms with Crippen LogP contribution in [0.4, 0.5) is 10.3 Å². The first-order valence-corrected chi connectivity index (χ1v) is 11.1. The minimum absolute atomic E-state index is 0.0969. The van der Waals surface area contributed by atoms with Gasteiger partial charge in [-0.1, -0.05) is 0 Å². The Morgan fingerprint density at radius 2 is 2.15 bits per heavy atom. The molecule has 0 bridgehead atoms. The van der Waals surface area contributed by atoms with Gasteiger partial charge in [0.05, 0.1) is 18.7 Å². The quantitative estimate of drug-likeness (QED) is 0.485. The van der Waals surface area contributed by atoms with E-state index >= 15 is 0 Å². The summed E-state index contributed by atoms with van der Waals surface area (Å²) in [4.78, 5) is 30.6. The highest BCUT2D eigenvalue weighted by atomic mass is 19.1. The molecule has 1 aliphatic heterocycles. The molecule has 2 aliphatic rings. The van der Waals surface area contributed by atoms with Gasteiger partial charge in [-0.2, -0.15) is 14.4 Å². The van der Waals surface area contributed by atoms with Gasteiger partial charge in [-0.25, -0.2) is 4.98 Å². The van der Waals surface area contributed by atoms with Gasteiger partial charge in [0.2, 0.25) is 23.7 Å². The van der Waals surface area contributed by atoms with E-state index in [1.54, 1.807) is 19.4 Å². The maximum absolute atomic E-state index is 14.0. The van der Waals surface area contributed by atoms with E-state index in [2.05, 4.69) is 32.2 Å². The fraction of sp³-hybridized carbons (Fsp3) is 0.391. The third kappa shape index (κ3) is 3.12. The van der Waals surface area contributed by atoms with Crippen LogP contribution in [-0.4, -0.2) is 60.4 Å². The lowest BCUT2D eigenvalue weighted by molar-refractivity contribution is -0.136. The van der Waals surface area contributed by atoms with Crippen molar-refractivity contribution in [1.82, 2.24) is 29.2 Å². The second kappa shape index (κ2) is 7.16. The van der Waals surface area contributed by atoms with Gasteiger partial charge in [0.1, 0.15) is 11.3 Å².